The second-order valence-electron chi connectivity index (χ2n) is 5.56. The lowest BCUT2D eigenvalue weighted by molar-refractivity contribution is 0.0936. The highest BCUT2D eigenvalue weighted by molar-refractivity contribution is 9.10. The Hall–Kier alpha value is -2.21. The smallest absolute Gasteiger partial charge is 0.253 e. The third-order valence-corrected chi connectivity index (χ3v) is 4.03. The average molecular weight is 390 g/mol. The van der Waals surface area contributed by atoms with E-state index in [1.807, 2.05) is 26.0 Å². The highest BCUT2D eigenvalue weighted by Gasteiger charge is 2.10. The molecule has 0 fully saturated rings. The third-order valence-electron chi connectivity index (χ3n) is 3.60. The summed E-state index contributed by atoms with van der Waals surface area (Å²) in [6.07, 6.45) is 4.01. The van der Waals surface area contributed by atoms with Crippen LogP contribution in [0.25, 0.3) is 0 Å². The Morgan fingerprint density at radius 2 is 1.96 bits per heavy atom. The topological polar surface area (TPSA) is 71.1 Å². The SMILES string of the molecule is CC[C@@H](C)NC(=O)c1cccc(CNC(=O)c2cncc(Br)c2)c1. The Bertz CT molecular complexity index is 734. The van der Waals surface area contributed by atoms with Crippen molar-refractivity contribution in [2.75, 3.05) is 0 Å². The standard InChI is InChI=1S/C18H20BrN3O2/c1-3-12(2)22-18(24)14-6-4-5-13(7-14)9-21-17(23)15-8-16(19)11-20-10-15/h4-8,10-12H,3,9H2,1-2H3,(H,21,23)(H,22,24)/t12-/m1/s1. The molecule has 2 rings (SSSR count). The van der Waals surface area contributed by atoms with Gasteiger partial charge in [0.2, 0.25) is 0 Å². The molecule has 126 valence electrons. The van der Waals surface area contributed by atoms with E-state index in [0.29, 0.717) is 17.7 Å². The van der Waals surface area contributed by atoms with Gasteiger partial charge in [-0.3, -0.25) is 14.6 Å². The number of carbonyl (C=O) groups excluding carboxylic acids is 2. The van der Waals surface area contributed by atoms with Crippen molar-refractivity contribution < 1.29 is 9.59 Å². The van der Waals surface area contributed by atoms with Gasteiger partial charge in [0.15, 0.2) is 0 Å². The summed E-state index contributed by atoms with van der Waals surface area (Å²) < 4.78 is 0.749. The normalized spacial score (nSPS) is 11.6. The van der Waals surface area contributed by atoms with Gasteiger partial charge in [-0.2, -0.15) is 0 Å². The molecule has 0 aliphatic carbocycles. The number of rotatable bonds is 6. The van der Waals surface area contributed by atoms with Crippen molar-refractivity contribution >= 4 is 27.7 Å². The first-order valence-corrected chi connectivity index (χ1v) is 8.57. The van der Waals surface area contributed by atoms with E-state index in [-0.39, 0.29) is 17.9 Å². The van der Waals surface area contributed by atoms with Crippen LogP contribution >= 0.6 is 15.9 Å². The van der Waals surface area contributed by atoms with Crippen molar-refractivity contribution in [3.63, 3.8) is 0 Å². The zero-order valence-electron chi connectivity index (χ0n) is 13.7. The third kappa shape index (κ3) is 5.16. The Labute approximate surface area is 150 Å². The fourth-order valence-electron chi connectivity index (χ4n) is 2.05. The number of hydrogen-bond donors (Lipinski definition) is 2. The minimum Gasteiger partial charge on any atom is -0.350 e. The average Bonchev–Trinajstić information content (AvgIpc) is 2.59. The Balaban J connectivity index is 1.99. The predicted molar refractivity (Wildman–Crippen MR) is 96.8 cm³/mol. The van der Waals surface area contributed by atoms with E-state index in [1.54, 1.807) is 24.4 Å². The molecule has 6 heteroatoms. The number of pyridine rings is 1. The number of carbonyl (C=O) groups is 2. The molecule has 0 radical (unpaired) electrons. The molecular formula is C18H20BrN3O2. The zero-order chi connectivity index (χ0) is 17.5. The Morgan fingerprint density at radius 1 is 1.17 bits per heavy atom. The molecule has 24 heavy (non-hydrogen) atoms. The maximum Gasteiger partial charge on any atom is 0.253 e. The van der Waals surface area contributed by atoms with Crippen LogP contribution in [0.4, 0.5) is 0 Å². The van der Waals surface area contributed by atoms with Gasteiger partial charge < -0.3 is 10.6 Å². The summed E-state index contributed by atoms with van der Waals surface area (Å²) in [5, 5.41) is 5.76. The first-order valence-electron chi connectivity index (χ1n) is 7.78. The molecule has 2 aromatic rings. The summed E-state index contributed by atoms with van der Waals surface area (Å²) in [4.78, 5) is 28.2. The lowest BCUT2D eigenvalue weighted by atomic mass is 10.1. The number of nitrogens with one attached hydrogen (secondary N) is 2. The number of aromatic nitrogens is 1. The summed E-state index contributed by atoms with van der Waals surface area (Å²) in [5.74, 6) is -0.313. The van der Waals surface area contributed by atoms with Crippen molar-refractivity contribution in [1.29, 1.82) is 0 Å². The van der Waals surface area contributed by atoms with Crippen LogP contribution in [0.1, 0.15) is 46.5 Å². The van der Waals surface area contributed by atoms with Gasteiger partial charge in [0, 0.05) is 35.0 Å². The number of nitrogens with zero attached hydrogens (tertiary/aromatic N) is 1. The molecule has 0 aliphatic heterocycles. The van der Waals surface area contributed by atoms with E-state index >= 15 is 0 Å². The summed E-state index contributed by atoms with van der Waals surface area (Å²) in [7, 11) is 0. The first kappa shape index (κ1) is 18.1. The molecule has 1 atom stereocenters. The van der Waals surface area contributed by atoms with Crippen LogP contribution in [0.15, 0.2) is 47.2 Å². The van der Waals surface area contributed by atoms with Crippen molar-refractivity contribution in [1.82, 2.24) is 15.6 Å². The van der Waals surface area contributed by atoms with Crippen molar-refractivity contribution in [3.8, 4) is 0 Å². The van der Waals surface area contributed by atoms with Gasteiger partial charge in [0.05, 0.1) is 5.56 Å². The van der Waals surface area contributed by atoms with Crippen LogP contribution in [0.2, 0.25) is 0 Å². The molecule has 2 amide bonds. The number of amides is 2. The molecule has 0 spiro atoms. The molecular weight excluding hydrogens is 370 g/mol. The van der Waals surface area contributed by atoms with Crippen LogP contribution in [0, 0.1) is 0 Å². The highest BCUT2D eigenvalue weighted by atomic mass is 79.9. The van der Waals surface area contributed by atoms with Gasteiger partial charge >= 0.3 is 0 Å². The second kappa shape index (κ2) is 8.59. The molecule has 2 N–H and O–H groups in total. The van der Waals surface area contributed by atoms with Crippen LogP contribution in [-0.2, 0) is 6.54 Å². The van der Waals surface area contributed by atoms with E-state index in [1.165, 1.54) is 6.20 Å². The minimum absolute atomic E-state index is 0.103. The maximum atomic E-state index is 12.2. The van der Waals surface area contributed by atoms with E-state index in [0.717, 1.165) is 16.5 Å². The molecule has 0 unspecified atom stereocenters. The van der Waals surface area contributed by atoms with Gasteiger partial charge in [0.1, 0.15) is 0 Å². The van der Waals surface area contributed by atoms with Crippen molar-refractivity contribution in [3.05, 3.63) is 63.9 Å². The van der Waals surface area contributed by atoms with Gasteiger partial charge in [-0.1, -0.05) is 19.1 Å². The summed E-state index contributed by atoms with van der Waals surface area (Å²) in [6, 6.07) is 9.08. The summed E-state index contributed by atoms with van der Waals surface area (Å²) in [5.41, 5.74) is 1.93. The van der Waals surface area contributed by atoms with Gasteiger partial charge in [0.25, 0.3) is 11.8 Å². The fraction of sp³-hybridized carbons (Fsp3) is 0.278. The highest BCUT2D eigenvalue weighted by Crippen LogP contribution is 2.10. The molecule has 0 saturated heterocycles. The van der Waals surface area contributed by atoms with Crippen molar-refractivity contribution in [2.45, 2.75) is 32.9 Å². The van der Waals surface area contributed by atoms with Crippen LogP contribution in [-0.4, -0.2) is 22.8 Å². The molecule has 5 nitrogen and oxygen atoms in total. The lowest BCUT2D eigenvalue weighted by Crippen LogP contribution is -2.32. The molecule has 1 aromatic heterocycles. The minimum atomic E-state index is -0.210. The van der Waals surface area contributed by atoms with E-state index in [4.69, 9.17) is 0 Å². The van der Waals surface area contributed by atoms with Gasteiger partial charge in [-0.05, 0) is 53.0 Å². The Kier molecular flexibility index (Phi) is 6.49. The molecule has 0 bridgehead atoms. The number of benzene rings is 1. The zero-order valence-corrected chi connectivity index (χ0v) is 15.3. The molecule has 1 heterocycles. The van der Waals surface area contributed by atoms with E-state index in [9.17, 15) is 9.59 Å². The monoisotopic (exact) mass is 389 g/mol. The molecule has 0 saturated carbocycles. The van der Waals surface area contributed by atoms with Crippen molar-refractivity contribution in [2.24, 2.45) is 0 Å². The molecule has 1 aromatic carbocycles. The van der Waals surface area contributed by atoms with Crippen LogP contribution in [0.3, 0.4) is 0 Å². The predicted octanol–water partition coefficient (Wildman–Crippen LogP) is 3.30. The first-order chi connectivity index (χ1) is 11.5. The fourth-order valence-corrected chi connectivity index (χ4v) is 2.42. The summed E-state index contributed by atoms with van der Waals surface area (Å²) >= 11 is 3.29. The largest absolute Gasteiger partial charge is 0.350 e. The molecule has 0 aliphatic rings. The van der Waals surface area contributed by atoms with E-state index < -0.39 is 0 Å². The number of hydrogen-bond acceptors (Lipinski definition) is 3. The lowest BCUT2D eigenvalue weighted by Gasteiger charge is -2.12. The van der Waals surface area contributed by atoms with E-state index in [2.05, 4.69) is 31.5 Å². The Morgan fingerprint density at radius 3 is 2.67 bits per heavy atom. The van der Waals surface area contributed by atoms with Crippen LogP contribution < -0.4 is 10.6 Å². The second-order valence-corrected chi connectivity index (χ2v) is 6.47. The maximum absolute atomic E-state index is 12.2. The van der Waals surface area contributed by atoms with Gasteiger partial charge in [-0.15, -0.1) is 0 Å². The quantitative estimate of drug-likeness (QED) is 0.795. The van der Waals surface area contributed by atoms with Crippen LogP contribution in [0.5, 0.6) is 0 Å². The number of halogens is 1. The van der Waals surface area contributed by atoms with Gasteiger partial charge in [-0.25, -0.2) is 0 Å². The summed E-state index contributed by atoms with van der Waals surface area (Å²) in [6.45, 7) is 4.33.